The molecule has 0 bridgehead atoms. The predicted molar refractivity (Wildman–Crippen MR) is 85.9 cm³/mol. The first kappa shape index (κ1) is 14.8. The van der Waals surface area contributed by atoms with Crippen LogP contribution >= 0.6 is 15.9 Å². The van der Waals surface area contributed by atoms with E-state index < -0.39 is 0 Å². The van der Waals surface area contributed by atoms with E-state index in [0.717, 1.165) is 34.1 Å². The number of nitrogens with one attached hydrogen (secondary N) is 1. The van der Waals surface area contributed by atoms with Gasteiger partial charge in [0.15, 0.2) is 0 Å². The second-order valence-electron chi connectivity index (χ2n) is 5.53. The highest BCUT2D eigenvalue weighted by atomic mass is 79.9. The van der Waals surface area contributed by atoms with Crippen LogP contribution in [0.25, 0.3) is 0 Å². The van der Waals surface area contributed by atoms with Gasteiger partial charge in [0.25, 0.3) is 0 Å². The average Bonchev–Trinajstić information content (AvgIpc) is 3.23. The number of furan rings is 1. The van der Waals surface area contributed by atoms with E-state index in [1.54, 1.807) is 0 Å². The number of benzene rings is 1. The minimum atomic E-state index is 0.506. The van der Waals surface area contributed by atoms with Crippen LogP contribution in [0.2, 0.25) is 0 Å². The summed E-state index contributed by atoms with van der Waals surface area (Å²) < 4.78 is 12.6. The van der Waals surface area contributed by atoms with Gasteiger partial charge in [0, 0.05) is 22.6 Å². The molecular weight excluding hydrogens is 330 g/mol. The number of rotatable bonds is 7. The zero-order chi connectivity index (χ0) is 14.7. The highest BCUT2D eigenvalue weighted by molar-refractivity contribution is 9.10. The van der Waals surface area contributed by atoms with E-state index in [1.807, 2.05) is 25.1 Å². The molecule has 1 aliphatic carbocycles. The van der Waals surface area contributed by atoms with Crippen molar-refractivity contribution < 1.29 is 9.15 Å². The van der Waals surface area contributed by atoms with Gasteiger partial charge in [-0.1, -0.05) is 34.1 Å². The molecule has 0 unspecified atom stereocenters. The quantitative estimate of drug-likeness (QED) is 0.808. The Morgan fingerprint density at radius 2 is 2.05 bits per heavy atom. The first-order valence-corrected chi connectivity index (χ1v) is 8.14. The van der Waals surface area contributed by atoms with Crippen molar-refractivity contribution in [2.75, 3.05) is 0 Å². The van der Waals surface area contributed by atoms with Crippen molar-refractivity contribution in [1.29, 1.82) is 0 Å². The van der Waals surface area contributed by atoms with Crippen LogP contribution in [0, 0.1) is 6.92 Å². The Morgan fingerprint density at radius 3 is 2.81 bits per heavy atom. The van der Waals surface area contributed by atoms with Crippen molar-refractivity contribution in [2.45, 2.75) is 45.6 Å². The summed E-state index contributed by atoms with van der Waals surface area (Å²) in [5.74, 6) is 1.88. The molecule has 1 heterocycles. The van der Waals surface area contributed by atoms with Crippen LogP contribution in [0.3, 0.4) is 0 Å². The van der Waals surface area contributed by atoms with Gasteiger partial charge in [0.2, 0.25) is 0 Å². The van der Waals surface area contributed by atoms with Crippen LogP contribution in [0.1, 0.15) is 35.5 Å². The second-order valence-corrected chi connectivity index (χ2v) is 6.39. The fraction of sp³-hybridized carbons (Fsp3) is 0.412. The summed E-state index contributed by atoms with van der Waals surface area (Å²) in [6, 6.07) is 10.9. The lowest BCUT2D eigenvalue weighted by Crippen LogP contribution is -2.15. The van der Waals surface area contributed by atoms with Crippen molar-refractivity contribution in [3.05, 3.63) is 57.5 Å². The third-order valence-electron chi connectivity index (χ3n) is 3.69. The first-order valence-electron chi connectivity index (χ1n) is 7.35. The van der Waals surface area contributed by atoms with E-state index in [9.17, 15) is 0 Å². The molecule has 1 aromatic heterocycles. The molecule has 0 atom stereocenters. The number of halogens is 1. The number of hydrogen-bond donors (Lipinski definition) is 1. The summed E-state index contributed by atoms with van der Waals surface area (Å²) in [4.78, 5) is 0. The molecule has 1 aliphatic rings. The lowest BCUT2D eigenvalue weighted by Gasteiger charge is -2.04. The molecule has 21 heavy (non-hydrogen) atoms. The minimum Gasteiger partial charge on any atom is -0.464 e. The molecule has 0 spiro atoms. The number of hydrogen-bond acceptors (Lipinski definition) is 3. The van der Waals surface area contributed by atoms with Crippen LogP contribution in [-0.4, -0.2) is 6.04 Å². The zero-order valence-electron chi connectivity index (χ0n) is 12.2. The predicted octanol–water partition coefficient (Wildman–Crippen LogP) is 4.32. The summed E-state index contributed by atoms with van der Waals surface area (Å²) in [6.45, 7) is 3.99. The summed E-state index contributed by atoms with van der Waals surface area (Å²) >= 11 is 3.53. The highest BCUT2D eigenvalue weighted by Gasteiger charge is 2.20. The maximum absolute atomic E-state index is 5.76. The van der Waals surface area contributed by atoms with Crippen molar-refractivity contribution in [3.8, 4) is 0 Å². The van der Waals surface area contributed by atoms with E-state index in [2.05, 4.69) is 33.4 Å². The fourth-order valence-corrected chi connectivity index (χ4v) is 2.65. The van der Waals surface area contributed by atoms with E-state index in [-0.39, 0.29) is 0 Å². The number of aryl methyl sites for hydroxylation is 1. The normalized spacial score (nSPS) is 14.6. The zero-order valence-corrected chi connectivity index (χ0v) is 13.8. The van der Waals surface area contributed by atoms with Crippen LogP contribution < -0.4 is 5.32 Å². The van der Waals surface area contributed by atoms with Gasteiger partial charge in [0.1, 0.15) is 18.1 Å². The Morgan fingerprint density at radius 1 is 1.24 bits per heavy atom. The molecule has 2 aromatic rings. The van der Waals surface area contributed by atoms with Gasteiger partial charge in [-0.05, 0) is 37.5 Å². The van der Waals surface area contributed by atoms with Crippen molar-refractivity contribution in [2.24, 2.45) is 0 Å². The van der Waals surface area contributed by atoms with Gasteiger partial charge >= 0.3 is 0 Å². The van der Waals surface area contributed by atoms with E-state index in [4.69, 9.17) is 9.15 Å². The maximum Gasteiger partial charge on any atom is 0.130 e. The highest BCUT2D eigenvalue weighted by Crippen LogP contribution is 2.22. The van der Waals surface area contributed by atoms with Gasteiger partial charge in [-0.2, -0.15) is 0 Å². The summed E-state index contributed by atoms with van der Waals surface area (Å²) in [5.41, 5.74) is 2.39. The van der Waals surface area contributed by atoms with E-state index in [1.165, 1.54) is 18.4 Å². The fourth-order valence-electron chi connectivity index (χ4n) is 2.25. The Bertz CT molecular complexity index is 605. The maximum atomic E-state index is 5.76. The van der Waals surface area contributed by atoms with Crippen LogP contribution in [-0.2, 0) is 24.5 Å². The van der Waals surface area contributed by atoms with Gasteiger partial charge < -0.3 is 14.5 Å². The van der Waals surface area contributed by atoms with E-state index in [0.29, 0.717) is 13.2 Å². The molecule has 1 saturated carbocycles. The third-order valence-corrected chi connectivity index (χ3v) is 4.46. The Hall–Kier alpha value is -1.10. The van der Waals surface area contributed by atoms with Crippen molar-refractivity contribution in [1.82, 2.24) is 5.32 Å². The minimum absolute atomic E-state index is 0.506. The SMILES string of the molecule is Cc1oc(COCc2ccccc2Br)cc1CNC1CC1. The lowest BCUT2D eigenvalue weighted by molar-refractivity contribution is 0.0920. The molecule has 3 nitrogen and oxygen atoms in total. The van der Waals surface area contributed by atoms with Crippen molar-refractivity contribution in [3.63, 3.8) is 0 Å². The van der Waals surface area contributed by atoms with Crippen LogP contribution in [0.4, 0.5) is 0 Å². The van der Waals surface area contributed by atoms with Crippen molar-refractivity contribution >= 4 is 15.9 Å². The topological polar surface area (TPSA) is 34.4 Å². The summed E-state index contributed by atoms with van der Waals surface area (Å²) in [6.07, 6.45) is 2.61. The average molecular weight is 350 g/mol. The smallest absolute Gasteiger partial charge is 0.130 e. The van der Waals surface area contributed by atoms with Gasteiger partial charge in [-0.3, -0.25) is 0 Å². The Kier molecular flexibility index (Phi) is 4.78. The third kappa shape index (κ3) is 4.19. The first-order chi connectivity index (χ1) is 10.2. The Balaban J connectivity index is 1.50. The van der Waals surface area contributed by atoms with Gasteiger partial charge in [-0.15, -0.1) is 0 Å². The number of ether oxygens (including phenoxy) is 1. The van der Waals surface area contributed by atoms with Gasteiger partial charge in [-0.25, -0.2) is 0 Å². The molecule has 3 rings (SSSR count). The molecule has 0 radical (unpaired) electrons. The van der Waals surface area contributed by atoms with Crippen LogP contribution in [0.15, 0.2) is 39.2 Å². The van der Waals surface area contributed by atoms with E-state index >= 15 is 0 Å². The van der Waals surface area contributed by atoms with Crippen LogP contribution in [0.5, 0.6) is 0 Å². The summed E-state index contributed by atoms with van der Waals surface area (Å²) in [7, 11) is 0. The molecular formula is C17H20BrNO2. The molecule has 0 amide bonds. The molecule has 0 aliphatic heterocycles. The standard InChI is InChI=1S/C17H20BrNO2/c1-12-14(9-19-15-6-7-15)8-16(21-12)11-20-10-13-4-2-3-5-17(13)18/h2-5,8,15,19H,6-7,9-11H2,1H3. The lowest BCUT2D eigenvalue weighted by atomic mass is 10.2. The monoisotopic (exact) mass is 349 g/mol. The molecule has 0 saturated heterocycles. The molecule has 1 fully saturated rings. The second kappa shape index (κ2) is 6.77. The molecule has 1 N–H and O–H groups in total. The summed E-state index contributed by atoms with van der Waals surface area (Å²) in [5, 5.41) is 3.51. The molecule has 4 heteroatoms. The largest absolute Gasteiger partial charge is 0.464 e. The molecule has 1 aromatic carbocycles. The Labute approximate surface area is 133 Å². The molecule has 112 valence electrons. The van der Waals surface area contributed by atoms with Gasteiger partial charge in [0.05, 0.1) is 6.61 Å².